The van der Waals surface area contributed by atoms with Gasteiger partial charge < -0.3 is 9.64 Å². The maximum atomic E-state index is 11.9. The lowest BCUT2D eigenvalue weighted by Gasteiger charge is -2.14. The second kappa shape index (κ2) is 8.53. The highest BCUT2D eigenvalue weighted by Gasteiger charge is 2.18. The quantitative estimate of drug-likeness (QED) is 0.639. The summed E-state index contributed by atoms with van der Waals surface area (Å²) in [5, 5.41) is 4.53. The van der Waals surface area contributed by atoms with Crippen LogP contribution in [-0.2, 0) is 9.59 Å². The molecule has 0 atom stereocenters. The third-order valence-corrected chi connectivity index (χ3v) is 3.67. The van der Waals surface area contributed by atoms with Crippen molar-refractivity contribution in [2.45, 2.75) is 26.2 Å². The average molecular weight is 338 g/mol. The van der Waals surface area contributed by atoms with Crippen molar-refractivity contribution in [2.24, 2.45) is 5.10 Å². The Morgan fingerprint density at radius 1 is 1.26 bits per heavy atom. The third kappa shape index (κ3) is 5.90. The summed E-state index contributed by atoms with van der Waals surface area (Å²) in [7, 11) is 0. The van der Waals surface area contributed by atoms with E-state index in [2.05, 4.69) is 10.5 Å². The summed E-state index contributed by atoms with van der Waals surface area (Å²) < 4.78 is 5.30. The lowest BCUT2D eigenvalue weighted by Crippen LogP contribution is -2.30. The molecule has 2 amide bonds. The van der Waals surface area contributed by atoms with E-state index in [4.69, 9.17) is 16.3 Å². The van der Waals surface area contributed by atoms with E-state index in [0.717, 1.165) is 25.9 Å². The predicted molar refractivity (Wildman–Crippen MR) is 88.6 cm³/mol. The molecular formula is C16H20ClN3O3. The Morgan fingerprint density at radius 3 is 2.57 bits per heavy atom. The Hall–Kier alpha value is -2.08. The topological polar surface area (TPSA) is 71.0 Å². The van der Waals surface area contributed by atoms with E-state index < -0.39 is 0 Å². The Balaban J connectivity index is 1.71. The molecule has 1 aliphatic rings. The van der Waals surface area contributed by atoms with Crippen molar-refractivity contribution in [3.63, 3.8) is 0 Å². The van der Waals surface area contributed by atoms with Crippen LogP contribution in [0.5, 0.6) is 5.75 Å². The minimum absolute atomic E-state index is 0.0513. The number of ether oxygens (including phenoxy) is 1. The third-order valence-electron chi connectivity index (χ3n) is 3.42. The van der Waals surface area contributed by atoms with Gasteiger partial charge in [0.1, 0.15) is 5.75 Å². The molecule has 124 valence electrons. The van der Waals surface area contributed by atoms with Gasteiger partial charge in [0, 0.05) is 23.8 Å². The Bertz CT molecular complexity index is 581. The fraction of sp³-hybridized carbons (Fsp3) is 0.438. The number of rotatable bonds is 6. The second-order valence-corrected chi connectivity index (χ2v) is 5.83. The Labute approximate surface area is 140 Å². The standard InChI is InChI=1S/C16H20ClN3O3/c1-12(10-16(22)20-8-2-3-9-20)18-19-15(21)11-23-14-6-4-13(17)5-7-14/h4-7H,2-3,8-11H2,1H3,(H,19,21). The monoisotopic (exact) mass is 337 g/mol. The maximum Gasteiger partial charge on any atom is 0.277 e. The summed E-state index contributed by atoms with van der Waals surface area (Å²) in [6.45, 7) is 3.19. The van der Waals surface area contributed by atoms with Crippen LogP contribution in [0.2, 0.25) is 5.02 Å². The SMILES string of the molecule is CC(CC(=O)N1CCCC1)=NNC(=O)COc1ccc(Cl)cc1. The van der Waals surface area contributed by atoms with Crippen LogP contribution in [0, 0.1) is 0 Å². The molecule has 1 heterocycles. The number of carbonyl (C=O) groups excluding carboxylic acids is 2. The minimum atomic E-state index is -0.382. The van der Waals surface area contributed by atoms with Crippen molar-refractivity contribution < 1.29 is 14.3 Å². The number of hydrogen-bond acceptors (Lipinski definition) is 4. The molecule has 0 radical (unpaired) electrons. The van der Waals surface area contributed by atoms with E-state index in [1.54, 1.807) is 31.2 Å². The van der Waals surface area contributed by atoms with Gasteiger partial charge in [0.05, 0.1) is 6.42 Å². The highest BCUT2D eigenvalue weighted by Crippen LogP contribution is 2.15. The Kier molecular flexibility index (Phi) is 6.40. The summed E-state index contributed by atoms with van der Waals surface area (Å²) in [5.74, 6) is 0.220. The van der Waals surface area contributed by atoms with E-state index in [1.807, 2.05) is 4.90 Å². The summed E-state index contributed by atoms with van der Waals surface area (Å²) in [6.07, 6.45) is 2.33. The molecule has 0 spiro atoms. The zero-order valence-electron chi connectivity index (χ0n) is 13.0. The van der Waals surface area contributed by atoms with Crippen LogP contribution < -0.4 is 10.2 Å². The lowest BCUT2D eigenvalue weighted by atomic mass is 10.3. The number of amides is 2. The van der Waals surface area contributed by atoms with Crippen LogP contribution in [0.1, 0.15) is 26.2 Å². The van der Waals surface area contributed by atoms with Crippen LogP contribution >= 0.6 is 11.6 Å². The molecule has 0 aromatic heterocycles. The summed E-state index contributed by atoms with van der Waals surface area (Å²) in [4.78, 5) is 25.4. The molecule has 6 nitrogen and oxygen atoms in total. The van der Waals surface area contributed by atoms with Crippen molar-refractivity contribution >= 4 is 29.1 Å². The van der Waals surface area contributed by atoms with Crippen LogP contribution in [0.25, 0.3) is 0 Å². The number of hydrazone groups is 1. The van der Waals surface area contributed by atoms with Gasteiger partial charge >= 0.3 is 0 Å². The molecule has 1 aromatic carbocycles. The van der Waals surface area contributed by atoms with E-state index in [1.165, 1.54) is 0 Å². The smallest absolute Gasteiger partial charge is 0.277 e. The molecule has 7 heteroatoms. The molecule has 23 heavy (non-hydrogen) atoms. The molecule has 2 rings (SSSR count). The molecule has 0 bridgehead atoms. The summed E-state index contributed by atoms with van der Waals surface area (Å²) in [5.41, 5.74) is 2.96. The highest BCUT2D eigenvalue weighted by molar-refractivity contribution is 6.30. The number of benzene rings is 1. The first-order chi connectivity index (χ1) is 11.0. The van der Waals surface area contributed by atoms with Crippen molar-refractivity contribution in [3.8, 4) is 5.75 Å². The lowest BCUT2D eigenvalue weighted by molar-refractivity contribution is -0.129. The van der Waals surface area contributed by atoms with Crippen LogP contribution in [-0.4, -0.2) is 42.1 Å². The number of carbonyl (C=O) groups is 2. The molecule has 0 unspecified atom stereocenters. The fourth-order valence-electron chi connectivity index (χ4n) is 2.21. The largest absolute Gasteiger partial charge is 0.484 e. The van der Waals surface area contributed by atoms with E-state index in [9.17, 15) is 9.59 Å². The van der Waals surface area contributed by atoms with Gasteiger partial charge in [-0.1, -0.05) is 11.6 Å². The highest BCUT2D eigenvalue weighted by atomic mass is 35.5. The molecule has 1 fully saturated rings. The van der Waals surface area contributed by atoms with Crippen molar-refractivity contribution in [1.29, 1.82) is 0 Å². The zero-order valence-corrected chi connectivity index (χ0v) is 13.8. The average Bonchev–Trinajstić information content (AvgIpc) is 3.07. The molecule has 1 saturated heterocycles. The van der Waals surface area contributed by atoms with Gasteiger partial charge in [-0.25, -0.2) is 5.43 Å². The molecule has 1 aromatic rings. The molecule has 0 aliphatic carbocycles. The van der Waals surface area contributed by atoms with E-state index in [0.29, 0.717) is 16.5 Å². The molecule has 0 saturated carbocycles. The molecule has 1 aliphatic heterocycles. The van der Waals surface area contributed by atoms with Gasteiger partial charge in [0.25, 0.3) is 5.91 Å². The van der Waals surface area contributed by atoms with Gasteiger partial charge in [0.15, 0.2) is 6.61 Å². The minimum Gasteiger partial charge on any atom is -0.484 e. The van der Waals surface area contributed by atoms with Gasteiger partial charge in [-0.15, -0.1) is 0 Å². The van der Waals surface area contributed by atoms with Gasteiger partial charge in [0.2, 0.25) is 5.91 Å². The first kappa shape index (κ1) is 17.3. The van der Waals surface area contributed by atoms with Crippen molar-refractivity contribution in [3.05, 3.63) is 29.3 Å². The first-order valence-corrected chi connectivity index (χ1v) is 7.90. The second-order valence-electron chi connectivity index (χ2n) is 5.39. The van der Waals surface area contributed by atoms with E-state index in [-0.39, 0.29) is 24.8 Å². The molecule has 1 N–H and O–H groups in total. The normalized spacial score (nSPS) is 14.7. The van der Waals surface area contributed by atoms with E-state index >= 15 is 0 Å². The number of likely N-dealkylation sites (tertiary alicyclic amines) is 1. The van der Waals surface area contributed by atoms with Crippen molar-refractivity contribution in [1.82, 2.24) is 10.3 Å². The van der Waals surface area contributed by atoms with Crippen LogP contribution in [0.3, 0.4) is 0 Å². The summed E-state index contributed by atoms with van der Waals surface area (Å²) in [6, 6.07) is 6.72. The van der Waals surface area contributed by atoms with Crippen molar-refractivity contribution in [2.75, 3.05) is 19.7 Å². The van der Waals surface area contributed by atoms with Crippen LogP contribution in [0.4, 0.5) is 0 Å². The summed E-state index contributed by atoms with van der Waals surface area (Å²) >= 11 is 5.76. The number of hydrogen-bond donors (Lipinski definition) is 1. The number of nitrogens with one attached hydrogen (secondary N) is 1. The number of halogens is 1. The first-order valence-electron chi connectivity index (χ1n) is 7.53. The van der Waals surface area contributed by atoms with Gasteiger partial charge in [-0.05, 0) is 44.0 Å². The maximum absolute atomic E-state index is 11.9. The van der Waals surface area contributed by atoms with Crippen LogP contribution in [0.15, 0.2) is 29.4 Å². The predicted octanol–water partition coefficient (Wildman–Crippen LogP) is 2.22. The van der Waals surface area contributed by atoms with Gasteiger partial charge in [-0.2, -0.15) is 5.10 Å². The number of nitrogens with zero attached hydrogens (tertiary/aromatic N) is 2. The molecular weight excluding hydrogens is 318 g/mol. The Morgan fingerprint density at radius 2 is 1.91 bits per heavy atom. The fourth-order valence-corrected chi connectivity index (χ4v) is 2.33. The zero-order chi connectivity index (χ0) is 16.7. The van der Waals surface area contributed by atoms with Gasteiger partial charge in [-0.3, -0.25) is 9.59 Å².